The van der Waals surface area contributed by atoms with Crippen molar-refractivity contribution < 1.29 is 4.79 Å². The van der Waals surface area contributed by atoms with Crippen molar-refractivity contribution in [3.8, 4) is 0 Å². The maximum atomic E-state index is 11.8. The highest BCUT2D eigenvalue weighted by Gasteiger charge is 2.28. The summed E-state index contributed by atoms with van der Waals surface area (Å²) in [4.78, 5) is 17.8. The van der Waals surface area contributed by atoms with Gasteiger partial charge in [0.1, 0.15) is 0 Å². The minimum absolute atomic E-state index is 0.0983. The Morgan fingerprint density at radius 1 is 1.27 bits per heavy atom. The van der Waals surface area contributed by atoms with E-state index in [1.807, 2.05) is 44.2 Å². The number of nitrogens with zero attached hydrogens (tertiary/aromatic N) is 2. The van der Waals surface area contributed by atoms with E-state index in [4.69, 9.17) is 0 Å². The van der Waals surface area contributed by atoms with E-state index in [-0.39, 0.29) is 11.4 Å². The van der Waals surface area contributed by atoms with E-state index < -0.39 is 0 Å². The van der Waals surface area contributed by atoms with E-state index in [0.717, 1.165) is 5.69 Å². The zero-order chi connectivity index (χ0) is 10.9. The monoisotopic (exact) mass is 202 g/mol. The summed E-state index contributed by atoms with van der Waals surface area (Å²) in [5.41, 5.74) is 0.615. The number of benzene rings is 1. The third kappa shape index (κ3) is 2.06. The van der Waals surface area contributed by atoms with Crippen LogP contribution in [-0.2, 0) is 4.79 Å². The smallest absolute Gasteiger partial charge is 0.234 e. The van der Waals surface area contributed by atoms with Crippen LogP contribution in [0, 0.1) is 0 Å². The molecule has 1 aliphatic heterocycles. The van der Waals surface area contributed by atoms with Crippen LogP contribution >= 0.6 is 0 Å². The predicted molar refractivity (Wildman–Crippen MR) is 61.1 cm³/mol. The summed E-state index contributed by atoms with van der Waals surface area (Å²) in [6.45, 7) is 3.92. The van der Waals surface area contributed by atoms with Crippen LogP contribution in [0.3, 0.4) is 0 Å². The molecule has 0 unspecified atom stereocenters. The predicted octanol–water partition coefficient (Wildman–Crippen LogP) is 2.23. The first kappa shape index (κ1) is 9.90. The number of amides is 1. The van der Waals surface area contributed by atoms with Gasteiger partial charge in [-0.25, -0.2) is 0 Å². The van der Waals surface area contributed by atoms with Gasteiger partial charge in [0, 0.05) is 5.69 Å². The second-order valence-corrected chi connectivity index (χ2v) is 4.33. The zero-order valence-electron chi connectivity index (χ0n) is 8.97. The molecule has 15 heavy (non-hydrogen) atoms. The van der Waals surface area contributed by atoms with Crippen molar-refractivity contribution in [3.05, 3.63) is 30.3 Å². The third-order valence-corrected chi connectivity index (χ3v) is 2.41. The maximum absolute atomic E-state index is 11.8. The highest BCUT2D eigenvalue weighted by molar-refractivity contribution is 6.10. The Labute approximate surface area is 89.4 Å². The number of rotatable bonds is 1. The molecule has 0 atom stereocenters. The van der Waals surface area contributed by atoms with Crippen LogP contribution in [0.4, 0.5) is 5.69 Å². The molecule has 0 aliphatic carbocycles. The average Bonchev–Trinajstić information content (AvgIpc) is 2.17. The molecular formula is C12H14N2O. The van der Waals surface area contributed by atoms with E-state index in [0.29, 0.717) is 6.42 Å². The molecule has 78 valence electrons. The van der Waals surface area contributed by atoms with Crippen LogP contribution in [0.5, 0.6) is 0 Å². The van der Waals surface area contributed by atoms with Gasteiger partial charge in [-0.05, 0) is 26.0 Å². The second-order valence-electron chi connectivity index (χ2n) is 4.33. The minimum atomic E-state index is -0.262. The van der Waals surface area contributed by atoms with E-state index in [1.54, 1.807) is 11.2 Å². The van der Waals surface area contributed by atoms with Gasteiger partial charge < -0.3 is 0 Å². The molecule has 1 heterocycles. The highest BCUT2D eigenvalue weighted by atomic mass is 16.2. The normalized spacial score (nSPS) is 19.3. The Hall–Kier alpha value is -1.64. The summed E-state index contributed by atoms with van der Waals surface area (Å²) in [6.07, 6.45) is 2.08. The van der Waals surface area contributed by atoms with E-state index in [2.05, 4.69) is 4.99 Å². The van der Waals surface area contributed by atoms with Crippen molar-refractivity contribution in [1.29, 1.82) is 0 Å². The van der Waals surface area contributed by atoms with Crippen molar-refractivity contribution in [2.75, 3.05) is 4.90 Å². The third-order valence-electron chi connectivity index (χ3n) is 2.41. The highest BCUT2D eigenvalue weighted by Crippen LogP contribution is 2.23. The van der Waals surface area contributed by atoms with Crippen LogP contribution in [0.15, 0.2) is 35.3 Å². The quantitative estimate of drug-likeness (QED) is 0.687. The number of hydrogen-bond donors (Lipinski definition) is 0. The molecule has 2 rings (SSSR count). The van der Waals surface area contributed by atoms with Gasteiger partial charge in [0.15, 0.2) is 0 Å². The van der Waals surface area contributed by atoms with Gasteiger partial charge in [-0.15, -0.1) is 0 Å². The van der Waals surface area contributed by atoms with Crippen LogP contribution in [-0.4, -0.2) is 17.8 Å². The number of para-hydroxylation sites is 1. The van der Waals surface area contributed by atoms with Gasteiger partial charge in [-0.3, -0.25) is 14.7 Å². The number of hydrogen-bond acceptors (Lipinski definition) is 2. The molecule has 0 bridgehead atoms. The molecule has 3 nitrogen and oxygen atoms in total. The first-order valence-corrected chi connectivity index (χ1v) is 5.01. The molecule has 1 amide bonds. The Morgan fingerprint density at radius 3 is 2.53 bits per heavy atom. The molecule has 1 aromatic rings. The second kappa shape index (κ2) is 3.50. The van der Waals surface area contributed by atoms with Gasteiger partial charge in [-0.1, -0.05) is 18.2 Å². The zero-order valence-corrected chi connectivity index (χ0v) is 8.97. The van der Waals surface area contributed by atoms with E-state index in [9.17, 15) is 4.79 Å². The lowest BCUT2D eigenvalue weighted by Gasteiger charge is -2.29. The maximum Gasteiger partial charge on any atom is 0.234 e. The molecular weight excluding hydrogens is 188 g/mol. The lowest BCUT2D eigenvalue weighted by Crippen LogP contribution is -2.40. The molecule has 0 spiro atoms. The van der Waals surface area contributed by atoms with Crippen molar-refractivity contribution >= 4 is 17.9 Å². The summed E-state index contributed by atoms with van der Waals surface area (Å²) in [5.74, 6) is 0.0983. The van der Waals surface area contributed by atoms with Crippen molar-refractivity contribution in [1.82, 2.24) is 0 Å². The van der Waals surface area contributed by atoms with Crippen molar-refractivity contribution in [3.63, 3.8) is 0 Å². The van der Waals surface area contributed by atoms with Crippen molar-refractivity contribution in [2.24, 2.45) is 4.99 Å². The Morgan fingerprint density at radius 2 is 1.93 bits per heavy atom. The number of carbonyl (C=O) groups is 1. The summed E-state index contributed by atoms with van der Waals surface area (Å²) in [5, 5.41) is 0. The molecule has 1 aromatic carbocycles. The summed E-state index contributed by atoms with van der Waals surface area (Å²) >= 11 is 0. The van der Waals surface area contributed by atoms with Gasteiger partial charge in [-0.2, -0.15) is 0 Å². The van der Waals surface area contributed by atoms with E-state index in [1.165, 1.54) is 0 Å². The molecule has 0 radical (unpaired) electrons. The first-order valence-electron chi connectivity index (χ1n) is 5.01. The fraction of sp³-hybridized carbons (Fsp3) is 0.333. The molecule has 0 saturated carbocycles. The Balaban J connectivity index is 2.30. The fourth-order valence-electron chi connectivity index (χ4n) is 1.58. The van der Waals surface area contributed by atoms with Gasteiger partial charge in [0.2, 0.25) is 5.91 Å². The van der Waals surface area contributed by atoms with Gasteiger partial charge in [0.05, 0.1) is 18.3 Å². The largest absolute Gasteiger partial charge is 0.274 e. The fourth-order valence-corrected chi connectivity index (χ4v) is 1.58. The van der Waals surface area contributed by atoms with Crippen LogP contribution < -0.4 is 4.90 Å². The molecule has 0 saturated heterocycles. The molecule has 0 aromatic heterocycles. The molecule has 0 fully saturated rings. The SMILES string of the molecule is CC1(C)CC(=O)N(c2ccccc2)C=N1. The summed E-state index contributed by atoms with van der Waals surface area (Å²) < 4.78 is 0. The lowest BCUT2D eigenvalue weighted by molar-refractivity contribution is -0.118. The van der Waals surface area contributed by atoms with Crippen LogP contribution in [0.2, 0.25) is 0 Å². The molecule has 0 N–H and O–H groups in total. The van der Waals surface area contributed by atoms with Crippen molar-refractivity contribution in [2.45, 2.75) is 25.8 Å². The lowest BCUT2D eigenvalue weighted by atomic mass is 9.99. The number of aliphatic imine (C=N–C) groups is 1. The molecule has 3 heteroatoms. The Kier molecular flexibility index (Phi) is 2.31. The standard InChI is InChI=1S/C12H14N2O/c1-12(2)8-11(15)14(9-13-12)10-6-4-3-5-7-10/h3-7,9H,8H2,1-2H3. The summed E-state index contributed by atoms with van der Waals surface area (Å²) in [6, 6.07) is 9.57. The Bertz CT molecular complexity index is 395. The van der Waals surface area contributed by atoms with Gasteiger partial charge >= 0.3 is 0 Å². The van der Waals surface area contributed by atoms with Crippen LogP contribution in [0.25, 0.3) is 0 Å². The molecule has 1 aliphatic rings. The number of anilines is 1. The van der Waals surface area contributed by atoms with Crippen LogP contribution in [0.1, 0.15) is 20.3 Å². The number of carbonyl (C=O) groups excluding carboxylic acids is 1. The van der Waals surface area contributed by atoms with E-state index >= 15 is 0 Å². The summed E-state index contributed by atoms with van der Waals surface area (Å²) in [7, 11) is 0. The topological polar surface area (TPSA) is 32.7 Å². The van der Waals surface area contributed by atoms with Gasteiger partial charge in [0.25, 0.3) is 0 Å². The average molecular weight is 202 g/mol. The minimum Gasteiger partial charge on any atom is -0.274 e. The first-order chi connectivity index (χ1) is 7.08.